The van der Waals surface area contributed by atoms with Crippen LogP contribution in [-0.4, -0.2) is 19.3 Å². The van der Waals surface area contributed by atoms with Crippen LogP contribution < -0.4 is 5.56 Å². The maximum atomic E-state index is 12.6. The van der Waals surface area contributed by atoms with Crippen LogP contribution in [0.3, 0.4) is 0 Å². The molecule has 0 saturated carbocycles. The molecule has 6 heteroatoms. The Morgan fingerprint density at radius 2 is 2.26 bits per heavy atom. The summed E-state index contributed by atoms with van der Waals surface area (Å²) < 4.78 is 4.14. The van der Waals surface area contributed by atoms with Gasteiger partial charge in [0, 0.05) is 19.3 Å². The highest BCUT2D eigenvalue weighted by Gasteiger charge is 2.20. The van der Waals surface area contributed by atoms with Crippen molar-refractivity contribution in [3.8, 4) is 11.4 Å². The van der Waals surface area contributed by atoms with E-state index in [1.165, 1.54) is 11.3 Å². The van der Waals surface area contributed by atoms with Gasteiger partial charge >= 0.3 is 0 Å². The molecule has 0 amide bonds. The van der Waals surface area contributed by atoms with Crippen molar-refractivity contribution in [2.75, 3.05) is 0 Å². The Morgan fingerprint density at radius 1 is 1.47 bits per heavy atom. The Bertz CT molecular complexity index is 753. The van der Waals surface area contributed by atoms with Gasteiger partial charge in [0.1, 0.15) is 0 Å². The molecule has 3 rings (SSSR count). The van der Waals surface area contributed by atoms with Crippen molar-refractivity contribution in [3.63, 3.8) is 0 Å². The summed E-state index contributed by atoms with van der Waals surface area (Å²) in [5.74, 6) is 0.617. The van der Waals surface area contributed by atoms with Gasteiger partial charge in [0.05, 0.1) is 5.56 Å². The number of fused-ring (bicyclic) bond motifs is 1. The number of aromatic amines is 1. The fourth-order valence-electron chi connectivity index (χ4n) is 2.80. The third-order valence-electron chi connectivity index (χ3n) is 3.79. The van der Waals surface area contributed by atoms with Crippen molar-refractivity contribution in [1.29, 1.82) is 0 Å². The standard InChI is InChI=1S/C13H16N4OS/c1-3-17-10-6-4-5-8(10)7-9(12(17)18)11-14-15-13(19)16(11)2/h7H,3-6H2,1-2H3,(H,15,19). The zero-order valence-corrected chi connectivity index (χ0v) is 11.9. The average molecular weight is 276 g/mol. The zero-order chi connectivity index (χ0) is 13.6. The minimum absolute atomic E-state index is 0.0280. The number of nitrogens with zero attached hydrogens (tertiary/aromatic N) is 3. The van der Waals surface area contributed by atoms with Crippen LogP contribution in [-0.2, 0) is 26.4 Å². The van der Waals surface area contributed by atoms with Crippen molar-refractivity contribution in [2.24, 2.45) is 7.05 Å². The Kier molecular flexibility index (Phi) is 2.89. The molecule has 0 bridgehead atoms. The first kappa shape index (κ1) is 12.3. The monoisotopic (exact) mass is 276 g/mol. The predicted octanol–water partition coefficient (Wildman–Crippen LogP) is 1.81. The second-order valence-electron chi connectivity index (χ2n) is 4.84. The SMILES string of the molecule is CCn1c2c(cc(-c3n[nH]c(=S)n3C)c1=O)CCC2. The van der Waals surface area contributed by atoms with Crippen LogP contribution >= 0.6 is 12.2 Å². The van der Waals surface area contributed by atoms with Crippen LogP contribution in [0, 0.1) is 4.77 Å². The van der Waals surface area contributed by atoms with Gasteiger partial charge in [-0.1, -0.05) is 0 Å². The first-order valence-electron chi connectivity index (χ1n) is 6.50. The third-order valence-corrected chi connectivity index (χ3v) is 4.15. The molecule has 19 heavy (non-hydrogen) atoms. The quantitative estimate of drug-likeness (QED) is 0.851. The van der Waals surface area contributed by atoms with Gasteiger partial charge in [-0.2, -0.15) is 5.10 Å². The van der Waals surface area contributed by atoms with E-state index in [4.69, 9.17) is 12.2 Å². The van der Waals surface area contributed by atoms with E-state index in [1.54, 1.807) is 4.57 Å². The molecule has 0 unspecified atom stereocenters. The predicted molar refractivity (Wildman–Crippen MR) is 75.8 cm³/mol. The maximum Gasteiger partial charge on any atom is 0.261 e. The fraction of sp³-hybridized carbons (Fsp3) is 0.462. The zero-order valence-electron chi connectivity index (χ0n) is 11.1. The van der Waals surface area contributed by atoms with Gasteiger partial charge in [0.25, 0.3) is 5.56 Å². The van der Waals surface area contributed by atoms with E-state index >= 15 is 0 Å². The summed E-state index contributed by atoms with van der Waals surface area (Å²) in [5, 5.41) is 6.92. The largest absolute Gasteiger partial charge is 0.312 e. The first-order chi connectivity index (χ1) is 9.13. The van der Waals surface area contributed by atoms with E-state index < -0.39 is 0 Å². The molecule has 2 aromatic rings. The number of aryl methyl sites for hydroxylation is 1. The highest BCUT2D eigenvalue weighted by atomic mass is 32.1. The van der Waals surface area contributed by atoms with Crippen LogP contribution in [0.2, 0.25) is 0 Å². The number of pyridine rings is 1. The third kappa shape index (κ3) is 1.78. The number of nitrogens with one attached hydrogen (secondary N) is 1. The second-order valence-corrected chi connectivity index (χ2v) is 5.23. The highest BCUT2D eigenvalue weighted by Crippen LogP contribution is 2.24. The molecule has 100 valence electrons. The molecule has 2 aromatic heterocycles. The Morgan fingerprint density at radius 3 is 2.89 bits per heavy atom. The van der Waals surface area contributed by atoms with Crippen molar-refractivity contribution in [1.82, 2.24) is 19.3 Å². The normalized spacial score (nSPS) is 13.8. The van der Waals surface area contributed by atoms with E-state index in [0.717, 1.165) is 19.3 Å². The maximum absolute atomic E-state index is 12.6. The molecular weight excluding hydrogens is 260 g/mol. The molecule has 0 aromatic carbocycles. The molecule has 1 N–H and O–H groups in total. The van der Waals surface area contributed by atoms with Crippen molar-refractivity contribution < 1.29 is 0 Å². The van der Waals surface area contributed by atoms with E-state index in [1.807, 2.05) is 24.6 Å². The lowest BCUT2D eigenvalue weighted by atomic mass is 10.1. The van der Waals surface area contributed by atoms with Crippen LogP contribution in [0.5, 0.6) is 0 Å². The Balaban J connectivity index is 2.32. The van der Waals surface area contributed by atoms with Gasteiger partial charge in [-0.15, -0.1) is 0 Å². The van der Waals surface area contributed by atoms with Crippen LogP contribution in [0.1, 0.15) is 24.6 Å². The lowest BCUT2D eigenvalue weighted by Crippen LogP contribution is -2.25. The Labute approximate surface area is 115 Å². The topological polar surface area (TPSA) is 55.6 Å². The van der Waals surface area contributed by atoms with E-state index in [-0.39, 0.29) is 5.56 Å². The summed E-state index contributed by atoms with van der Waals surface area (Å²) in [7, 11) is 1.82. The fourth-order valence-corrected chi connectivity index (χ4v) is 2.93. The number of hydrogen-bond acceptors (Lipinski definition) is 3. The molecular formula is C13H16N4OS. The van der Waals surface area contributed by atoms with E-state index in [9.17, 15) is 4.79 Å². The molecule has 0 aliphatic heterocycles. The van der Waals surface area contributed by atoms with Crippen LogP contribution in [0.25, 0.3) is 11.4 Å². The van der Waals surface area contributed by atoms with E-state index in [2.05, 4.69) is 10.2 Å². The molecule has 5 nitrogen and oxygen atoms in total. The smallest absolute Gasteiger partial charge is 0.261 e. The molecule has 2 heterocycles. The van der Waals surface area contributed by atoms with Crippen LogP contribution in [0.15, 0.2) is 10.9 Å². The number of rotatable bonds is 2. The molecule has 0 atom stereocenters. The van der Waals surface area contributed by atoms with Gasteiger partial charge in [-0.05, 0) is 50.0 Å². The molecule has 0 spiro atoms. The number of hydrogen-bond donors (Lipinski definition) is 1. The van der Waals surface area contributed by atoms with Crippen molar-refractivity contribution in [3.05, 3.63) is 32.4 Å². The molecule has 0 fully saturated rings. The van der Waals surface area contributed by atoms with Crippen molar-refractivity contribution in [2.45, 2.75) is 32.7 Å². The van der Waals surface area contributed by atoms with Gasteiger partial charge in [-0.3, -0.25) is 9.89 Å². The molecule has 1 aliphatic carbocycles. The summed E-state index contributed by atoms with van der Waals surface area (Å²) >= 11 is 5.11. The molecule has 0 saturated heterocycles. The molecule has 1 aliphatic rings. The second kappa shape index (κ2) is 4.45. The van der Waals surface area contributed by atoms with Crippen LogP contribution in [0.4, 0.5) is 0 Å². The lowest BCUT2D eigenvalue weighted by Gasteiger charge is -2.12. The van der Waals surface area contributed by atoms with Gasteiger partial charge in [-0.25, -0.2) is 0 Å². The van der Waals surface area contributed by atoms with Crippen molar-refractivity contribution >= 4 is 12.2 Å². The summed E-state index contributed by atoms with van der Waals surface area (Å²) in [6.45, 7) is 2.71. The molecule has 0 radical (unpaired) electrons. The van der Waals surface area contributed by atoms with Gasteiger partial charge in [0.15, 0.2) is 10.6 Å². The number of H-pyrrole nitrogens is 1. The lowest BCUT2D eigenvalue weighted by molar-refractivity contribution is 0.681. The minimum atomic E-state index is 0.0280. The first-order valence-corrected chi connectivity index (χ1v) is 6.91. The minimum Gasteiger partial charge on any atom is -0.312 e. The number of aromatic nitrogens is 4. The summed E-state index contributed by atoms with van der Waals surface area (Å²) in [6, 6.07) is 1.99. The van der Waals surface area contributed by atoms with Gasteiger partial charge < -0.3 is 9.13 Å². The van der Waals surface area contributed by atoms with E-state index in [0.29, 0.717) is 22.7 Å². The van der Waals surface area contributed by atoms with Gasteiger partial charge in [0.2, 0.25) is 0 Å². The highest BCUT2D eigenvalue weighted by molar-refractivity contribution is 7.71. The summed E-state index contributed by atoms with van der Waals surface area (Å²) in [5.41, 5.74) is 3.12. The summed E-state index contributed by atoms with van der Waals surface area (Å²) in [4.78, 5) is 12.6. The summed E-state index contributed by atoms with van der Waals surface area (Å²) in [6.07, 6.45) is 3.16. The Hall–Kier alpha value is -1.69. The average Bonchev–Trinajstić information content (AvgIpc) is 2.98.